The highest BCUT2D eigenvalue weighted by atomic mass is 35.5. The average Bonchev–Trinajstić information content (AvgIpc) is 2.39. The zero-order valence-corrected chi connectivity index (χ0v) is 12.5. The van der Waals surface area contributed by atoms with Crippen molar-refractivity contribution in [2.75, 3.05) is 19.5 Å². The van der Waals surface area contributed by atoms with Gasteiger partial charge in [0, 0.05) is 11.3 Å². The van der Waals surface area contributed by atoms with E-state index in [0.717, 1.165) is 0 Å². The molecule has 0 aliphatic rings. The summed E-state index contributed by atoms with van der Waals surface area (Å²) in [5, 5.41) is 12.4. The number of aliphatic hydroxyl groups is 1. The van der Waals surface area contributed by atoms with Gasteiger partial charge in [-0.3, -0.25) is 4.79 Å². The van der Waals surface area contributed by atoms with Gasteiger partial charge in [-0.05, 0) is 25.3 Å². The molecule has 0 fully saturated rings. The summed E-state index contributed by atoms with van der Waals surface area (Å²) >= 11 is 7.43. The van der Waals surface area contributed by atoms with Crippen LogP contribution in [-0.4, -0.2) is 41.8 Å². The van der Waals surface area contributed by atoms with Gasteiger partial charge in [0.1, 0.15) is 5.75 Å². The van der Waals surface area contributed by atoms with E-state index in [4.69, 9.17) is 21.4 Å². The van der Waals surface area contributed by atoms with Gasteiger partial charge in [-0.15, -0.1) is 0 Å². The number of rotatable bonds is 7. The molecule has 2 N–H and O–H groups in total. The Hall–Kier alpha value is -0.910. The number of hydrogen-bond donors (Lipinski definition) is 2. The van der Waals surface area contributed by atoms with Gasteiger partial charge in [0.15, 0.2) is 6.61 Å². The van der Waals surface area contributed by atoms with Crippen molar-refractivity contribution in [3.63, 3.8) is 0 Å². The number of ether oxygens (including phenoxy) is 1. The second kappa shape index (κ2) is 8.30. The highest BCUT2D eigenvalue weighted by Crippen LogP contribution is 2.22. The van der Waals surface area contributed by atoms with E-state index < -0.39 is 0 Å². The third kappa shape index (κ3) is 5.30. The summed E-state index contributed by atoms with van der Waals surface area (Å²) in [5.74, 6) is 0.246. The van der Waals surface area contributed by atoms with Crippen molar-refractivity contribution in [3.05, 3.63) is 29.3 Å². The van der Waals surface area contributed by atoms with Crippen LogP contribution in [0.4, 0.5) is 0 Å². The van der Waals surface area contributed by atoms with Gasteiger partial charge in [0.2, 0.25) is 0 Å². The van der Waals surface area contributed by atoms with Gasteiger partial charge < -0.3 is 15.2 Å². The van der Waals surface area contributed by atoms with Crippen LogP contribution in [0.15, 0.2) is 24.3 Å². The van der Waals surface area contributed by atoms with Crippen LogP contribution in [0.3, 0.4) is 0 Å². The molecule has 1 aromatic rings. The first-order valence-corrected chi connectivity index (χ1v) is 7.55. The number of thioether (sulfide) groups is 1. The predicted molar refractivity (Wildman–Crippen MR) is 78.9 cm³/mol. The van der Waals surface area contributed by atoms with E-state index in [2.05, 4.69) is 5.32 Å². The van der Waals surface area contributed by atoms with Crippen LogP contribution in [0.2, 0.25) is 5.02 Å². The Kier molecular flexibility index (Phi) is 7.05. The maximum atomic E-state index is 11.7. The van der Waals surface area contributed by atoms with Gasteiger partial charge in [0.25, 0.3) is 5.91 Å². The average molecular weight is 304 g/mol. The van der Waals surface area contributed by atoms with Gasteiger partial charge >= 0.3 is 0 Å². The summed E-state index contributed by atoms with van der Waals surface area (Å²) < 4.78 is 5.33. The monoisotopic (exact) mass is 303 g/mol. The number of halogens is 1. The molecule has 106 valence electrons. The molecule has 0 bridgehead atoms. The zero-order chi connectivity index (χ0) is 14.3. The lowest BCUT2D eigenvalue weighted by Crippen LogP contribution is -2.43. The molecule has 1 aromatic carbocycles. The minimum atomic E-state index is -0.236. The molecule has 0 aromatic heterocycles. The third-order valence-electron chi connectivity index (χ3n) is 2.62. The molecule has 4 nitrogen and oxygen atoms in total. The van der Waals surface area contributed by atoms with Crippen molar-refractivity contribution < 1.29 is 14.6 Å². The minimum absolute atomic E-state index is 0.0218. The molecule has 0 saturated heterocycles. The Balaban J connectivity index is 2.42. The Bertz CT molecular complexity index is 413. The Morgan fingerprint density at radius 2 is 2.21 bits per heavy atom. The van der Waals surface area contributed by atoms with Crippen LogP contribution in [0.1, 0.15) is 6.92 Å². The summed E-state index contributed by atoms with van der Waals surface area (Å²) in [7, 11) is 0. The number of benzene rings is 1. The lowest BCUT2D eigenvalue weighted by Gasteiger charge is -2.21. The fourth-order valence-electron chi connectivity index (χ4n) is 1.53. The highest BCUT2D eigenvalue weighted by Gasteiger charge is 2.17. The fourth-order valence-corrected chi connectivity index (χ4v) is 2.35. The first-order chi connectivity index (χ1) is 9.08. The molecule has 0 heterocycles. The molecule has 1 amide bonds. The Morgan fingerprint density at radius 1 is 1.53 bits per heavy atom. The van der Waals surface area contributed by atoms with Crippen LogP contribution in [0, 0.1) is 0 Å². The smallest absolute Gasteiger partial charge is 0.258 e. The molecule has 2 atom stereocenters. The number of carbonyl (C=O) groups excluding carboxylic acids is 1. The van der Waals surface area contributed by atoms with E-state index in [0.29, 0.717) is 10.8 Å². The molecular formula is C13H18ClNO3S. The predicted octanol–water partition coefficient (Wildman–Crippen LogP) is 1.95. The van der Waals surface area contributed by atoms with Crippen molar-refractivity contribution in [2.45, 2.75) is 18.2 Å². The normalized spacial score (nSPS) is 13.7. The van der Waals surface area contributed by atoms with E-state index in [1.165, 1.54) is 11.8 Å². The molecule has 2 unspecified atom stereocenters. The van der Waals surface area contributed by atoms with Crippen LogP contribution < -0.4 is 10.1 Å². The maximum Gasteiger partial charge on any atom is 0.258 e. The SMILES string of the molecule is CSC(CO)C(C)NC(=O)COc1ccccc1Cl. The summed E-state index contributed by atoms with van der Waals surface area (Å²) in [6, 6.07) is 6.87. The van der Waals surface area contributed by atoms with Crippen molar-refractivity contribution in [1.82, 2.24) is 5.32 Å². The Morgan fingerprint density at radius 3 is 2.79 bits per heavy atom. The quantitative estimate of drug-likeness (QED) is 0.808. The van der Waals surface area contributed by atoms with Crippen molar-refractivity contribution in [2.24, 2.45) is 0 Å². The molecule has 0 aliphatic carbocycles. The van der Waals surface area contributed by atoms with Crippen molar-refractivity contribution in [1.29, 1.82) is 0 Å². The van der Waals surface area contributed by atoms with Gasteiger partial charge in [-0.1, -0.05) is 23.7 Å². The third-order valence-corrected chi connectivity index (χ3v) is 4.10. The van der Waals surface area contributed by atoms with Crippen molar-refractivity contribution >= 4 is 29.3 Å². The van der Waals surface area contributed by atoms with Crippen LogP contribution in [-0.2, 0) is 4.79 Å². The molecule has 1 rings (SSSR count). The highest BCUT2D eigenvalue weighted by molar-refractivity contribution is 7.99. The van der Waals surface area contributed by atoms with Gasteiger partial charge in [-0.2, -0.15) is 11.8 Å². The molecule has 0 saturated carbocycles. The summed E-state index contributed by atoms with van der Waals surface area (Å²) in [5.41, 5.74) is 0. The minimum Gasteiger partial charge on any atom is -0.482 e. The first-order valence-electron chi connectivity index (χ1n) is 5.88. The van der Waals surface area contributed by atoms with E-state index in [1.54, 1.807) is 24.3 Å². The topological polar surface area (TPSA) is 58.6 Å². The second-order valence-corrected chi connectivity index (χ2v) is 5.52. The fraction of sp³-hybridized carbons (Fsp3) is 0.462. The molecule has 0 radical (unpaired) electrons. The summed E-state index contributed by atoms with van der Waals surface area (Å²) in [6.45, 7) is 1.78. The largest absolute Gasteiger partial charge is 0.482 e. The van der Waals surface area contributed by atoms with Gasteiger partial charge in [0.05, 0.1) is 11.6 Å². The van der Waals surface area contributed by atoms with E-state index >= 15 is 0 Å². The van der Waals surface area contributed by atoms with Crippen LogP contribution in [0.25, 0.3) is 0 Å². The summed E-state index contributed by atoms with van der Waals surface area (Å²) in [4.78, 5) is 11.7. The number of carbonyl (C=O) groups is 1. The van der Waals surface area contributed by atoms with E-state index in [1.807, 2.05) is 13.2 Å². The number of para-hydroxylation sites is 1. The molecule has 0 spiro atoms. The molecular weight excluding hydrogens is 286 g/mol. The molecule has 0 aliphatic heterocycles. The molecule has 19 heavy (non-hydrogen) atoms. The number of amides is 1. The summed E-state index contributed by atoms with van der Waals surface area (Å²) in [6.07, 6.45) is 1.89. The number of hydrogen-bond acceptors (Lipinski definition) is 4. The van der Waals surface area contributed by atoms with Crippen LogP contribution in [0.5, 0.6) is 5.75 Å². The molecule has 6 heteroatoms. The van der Waals surface area contributed by atoms with Crippen molar-refractivity contribution in [3.8, 4) is 5.75 Å². The lowest BCUT2D eigenvalue weighted by atomic mass is 10.2. The van der Waals surface area contributed by atoms with Crippen LogP contribution >= 0.6 is 23.4 Å². The Labute approximate surface area is 122 Å². The van der Waals surface area contributed by atoms with E-state index in [-0.39, 0.29) is 30.4 Å². The standard InChI is InChI=1S/C13H18ClNO3S/c1-9(12(7-16)19-2)15-13(17)8-18-11-6-4-3-5-10(11)14/h3-6,9,12,16H,7-8H2,1-2H3,(H,15,17). The van der Waals surface area contributed by atoms with E-state index in [9.17, 15) is 4.79 Å². The number of aliphatic hydroxyl groups excluding tert-OH is 1. The first kappa shape index (κ1) is 16.1. The number of nitrogens with one attached hydrogen (secondary N) is 1. The van der Waals surface area contributed by atoms with Gasteiger partial charge in [-0.25, -0.2) is 0 Å². The zero-order valence-electron chi connectivity index (χ0n) is 10.9. The lowest BCUT2D eigenvalue weighted by molar-refractivity contribution is -0.123. The maximum absolute atomic E-state index is 11.7. The second-order valence-electron chi connectivity index (χ2n) is 4.03.